The summed E-state index contributed by atoms with van der Waals surface area (Å²) < 4.78 is 5.26. The molecule has 1 N–H and O–H groups in total. The molecule has 0 bridgehead atoms. The van der Waals surface area contributed by atoms with Gasteiger partial charge in [0.15, 0.2) is 0 Å². The van der Waals surface area contributed by atoms with Crippen molar-refractivity contribution in [3.63, 3.8) is 0 Å². The number of amides is 1. The third-order valence-corrected chi connectivity index (χ3v) is 5.40. The Morgan fingerprint density at radius 2 is 1.81 bits per heavy atom. The molecule has 31 heavy (non-hydrogen) atoms. The first-order valence-corrected chi connectivity index (χ1v) is 10.1. The lowest BCUT2D eigenvalue weighted by Crippen LogP contribution is -2.39. The van der Waals surface area contributed by atoms with Crippen LogP contribution in [0.25, 0.3) is 22.2 Å². The van der Waals surface area contributed by atoms with Gasteiger partial charge < -0.3 is 10.1 Å². The predicted molar refractivity (Wildman–Crippen MR) is 121 cm³/mol. The van der Waals surface area contributed by atoms with Crippen LogP contribution in [0.3, 0.4) is 0 Å². The monoisotopic (exact) mass is 412 g/mol. The van der Waals surface area contributed by atoms with Crippen LogP contribution < -0.4 is 10.1 Å². The van der Waals surface area contributed by atoms with Crippen molar-refractivity contribution in [2.45, 2.75) is 25.8 Å². The summed E-state index contributed by atoms with van der Waals surface area (Å²) in [6.45, 7) is 4.12. The third-order valence-electron chi connectivity index (χ3n) is 5.40. The number of methoxy groups -OCH3 is 1. The lowest BCUT2D eigenvalue weighted by Gasteiger charge is -2.24. The smallest absolute Gasteiger partial charge is 0.230 e. The van der Waals surface area contributed by atoms with Crippen molar-refractivity contribution in [3.8, 4) is 17.0 Å². The molecule has 0 saturated heterocycles. The molecule has 0 atom stereocenters. The summed E-state index contributed by atoms with van der Waals surface area (Å²) in [6, 6.07) is 21.4. The number of ether oxygens (including phenoxy) is 1. The van der Waals surface area contributed by atoms with Crippen molar-refractivity contribution < 1.29 is 9.53 Å². The van der Waals surface area contributed by atoms with Gasteiger partial charge in [-0.3, -0.25) is 9.78 Å². The normalized spacial score (nSPS) is 11.3. The SMILES string of the molecule is COc1cnc2ccc(C(C)(C)C(=O)NCc3ccc(-c4ccccc4)nn3)cc2c1. The Bertz CT molecular complexity index is 1210. The fraction of sp³-hybridized carbons (Fsp3) is 0.200. The minimum Gasteiger partial charge on any atom is -0.495 e. The van der Waals surface area contributed by atoms with Crippen molar-refractivity contribution in [1.82, 2.24) is 20.5 Å². The zero-order valence-electron chi connectivity index (χ0n) is 17.8. The Labute approximate surface area is 181 Å². The van der Waals surface area contributed by atoms with Crippen molar-refractivity contribution >= 4 is 16.8 Å². The average Bonchev–Trinajstić information content (AvgIpc) is 2.82. The van der Waals surface area contributed by atoms with Gasteiger partial charge in [-0.2, -0.15) is 10.2 Å². The molecule has 6 heteroatoms. The predicted octanol–water partition coefficient (Wildman–Crippen LogP) is 4.29. The summed E-state index contributed by atoms with van der Waals surface area (Å²) in [5, 5.41) is 12.4. The van der Waals surface area contributed by atoms with Gasteiger partial charge in [0.1, 0.15) is 5.75 Å². The van der Waals surface area contributed by atoms with Crippen LogP contribution in [0.4, 0.5) is 0 Å². The van der Waals surface area contributed by atoms with Gasteiger partial charge in [-0.25, -0.2) is 0 Å². The third kappa shape index (κ3) is 4.38. The Kier molecular flexibility index (Phi) is 5.62. The number of fused-ring (bicyclic) bond motifs is 1. The zero-order valence-corrected chi connectivity index (χ0v) is 17.8. The van der Waals surface area contributed by atoms with Crippen LogP contribution in [-0.4, -0.2) is 28.2 Å². The summed E-state index contributed by atoms with van der Waals surface area (Å²) in [5.74, 6) is 0.598. The number of hydrogen-bond donors (Lipinski definition) is 1. The van der Waals surface area contributed by atoms with Crippen molar-refractivity contribution in [2.24, 2.45) is 0 Å². The molecular weight excluding hydrogens is 388 g/mol. The van der Waals surface area contributed by atoms with E-state index in [4.69, 9.17) is 4.74 Å². The van der Waals surface area contributed by atoms with Gasteiger partial charge in [-0.15, -0.1) is 0 Å². The molecule has 0 radical (unpaired) electrons. The van der Waals surface area contributed by atoms with Crippen LogP contribution in [0.15, 0.2) is 72.9 Å². The van der Waals surface area contributed by atoms with Crippen LogP contribution in [-0.2, 0) is 16.8 Å². The second-order valence-corrected chi connectivity index (χ2v) is 7.87. The van der Waals surface area contributed by atoms with Crippen LogP contribution in [0.1, 0.15) is 25.1 Å². The number of carbonyl (C=O) groups is 1. The maximum atomic E-state index is 13.0. The van der Waals surface area contributed by atoms with Crippen molar-refractivity contribution in [2.75, 3.05) is 7.11 Å². The molecule has 2 heterocycles. The van der Waals surface area contributed by atoms with Crippen LogP contribution >= 0.6 is 0 Å². The topological polar surface area (TPSA) is 77.0 Å². The molecule has 0 spiro atoms. The fourth-order valence-corrected chi connectivity index (χ4v) is 3.35. The fourth-order valence-electron chi connectivity index (χ4n) is 3.35. The molecule has 0 aliphatic carbocycles. The molecule has 2 aromatic heterocycles. The van der Waals surface area contributed by atoms with Crippen molar-refractivity contribution in [3.05, 3.63) is 84.2 Å². The van der Waals surface area contributed by atoms with E-state index < -0.39 is 5.41 Å². The van der Waals surface area contributed by atoms with Gasteiger partial charge in [-0.05, 0) is 49.7 Å². The molecule has 4 aromatic rings. The number of nitrogens with one attached hydrogen (secondary N) is 1. The summed E-state index contributed by atoms with van der Waals surface area (Å²) in [7, 11) is 1.61. The Hall–Kier alpha value is -3.80. The number of hydrogen-bond acceptors (Lipinski definition) is 5. The van der Waals surface area contributed by atoms with E-state index in [0.29, 0.717) is 18.0 Å². The molecule has 0 aliphatic rings. The first-order valence-electron chi connectivity index (χ1n) is 10.1. The second kappa shape index (κ2) is 8.52. The number of nitrogens with zero attached hydrogens (tertiary/aromatic N) is 3. The van der Waals surface area contributed by atoms with E-state index in [0.717, 1.165) is 27.7 Å². The zero-order chi connectivity index (χ0) is 21.8. The van der Waals surface area contributed by atoms with Gasteiger partial charge in [0.2, 0.25) is 5.91 Å². The average molecular weight is 412 g/mol. The van der Waals surface area contributed by atoms with E-state index in [1.807, 2.05) is 80.6 Å². The van der Waals surface area contributed by atoms with Crippen LogP contribution in [0, 0.1) is 0 Å². The first kappa shape index (κ1) is 20.5. The van der Waals surface area contributed by atoms with Gasteiger partial charge in [-0.1, -0.05) is 36.4 Å². The van der Waals surface area contributed by atoms with E-state index in [-0.39, 0.29) is 5.91 Å². The molecule has 0 saturated carbocycles. The minimum atomic E-state index is -0.728. The minimum absolute atomic E-state index is 0.0864. The van der Waals surface area contributed by atoms with Gasteiger partial charge in [0.05, 0.1) is 42.2 Å². The molecule has 156 valence electrons. The van der Waals surface area contributed by atoms with Crippen LogP contribution in [0.2, 0.25) is 0 Å². The lowest BCUT2D eigenvalue weighted by molar-refractivity contribution is -0.125. The molecule has 0 unspecified atom stereocenters. The van der Waals surface area contributed by atoms with Gasteiger partial charge in [0.25, 0.3) is 0 Å². The molecule has 0 aliphatic heterocycles. The van der Waals surface area contributed by atoms with E-state index >= 15 is 0 Å². The Morgan fingerprint density at radius 1 is 1.00 bits per heavy atom. The van der Waals surface area contributed by atoms with Gasteiger partial charge in [0, 0.05) is 10.9 Å². The van der Waals surface area contributed by atoms with E-state index in [1.54, 1.807) is 13.3 Å². The summed E-state index contributed by atoms with van der Waals surface area (Å²) in [4.78, 5) is 17.4. The number of pyridine rings is 1. The lowest BCUT2D eigenvalue weighted by atomic mass is 9.83. The molecular formula is C25H24N4O2. The van der Waals surface area contributed by atoms with E-state index in [1.165, 1.54) is 0 Å². The number of aromatic nitrogens is 3. The Balaban J connectivity index is 1.47. The molecule has 2 aromatic carbocycles. The standard InChI is InChI=1S/C25H24N4O2/c1-25(2,19-9-11-22-18(13-19)14-21(31-3)16-26-22)24(30)27-15-20-10-12-23(29-28-20)17-7-5-4-6-8-17/h4-14,16H,15H2,1-3H3,(H,27,30). The van der Waals surface area contributed by atoms with E-state index in [2.05, 4.69) is 20.5 Å². The van der Waals surface area contributed by atoms with Gasteiger partial charge >= 0.3 is 0 Å². The molecule has 1 amide bonds. The highest BCUT2D eigenvalue weighted by Gasteiger charge is 2.30. The molecule has 4 rings (SSSR count). The molecule has 6 nitrogen and oxygen atoms in total. The summed E-state index contributed by atoms with van der Waals surface area (Å²) in [5.41, 5.74) is 3.54. The molecule has 0 fully saturated rings. The largest absolute Gasteiger partial charge is 0.495 e. The van der Waals surface area contributed by atoms with Crippen LogP contribution in [0.5, 0.6) is 5.75 Å². The maximum Gasteiger partial charge on any atom is 0.230 e. The van der Waals surface area contributed by atoms with E-state index in [9.17, 15) is 4.79 Å². The second-order valence-electron chi connectivity index (χ2n) is 7.87. The number of benzene rings is 2. The first-order chi connectivity index (χ1) is 15.0. The quantitative estimate of drug-likeness (QED) is 0.511. The number of carbonyl (C=O) groups excluding carboxylic acids is 1. The highest BCUT2D eigenvalue weighted by atomic mass is 16.5. The highest BCUT2D eigenvalue weighted by Crippen LogP contribution is 2.28. The summed E-state index contributed by atoms with van der Waals surface area (Å²) in [6.07, 6.45) is 1.68. The summed E-state index contributed by atoms with van der Waals surface area (Å²) >= 11 is 0. The highest BCUT2D eigenvalue weighted by molar-refractivity contribution is 5.89. The number of rotatable bonds is 6. The maximum absolute atomic E-state index is 13.0. The van der Waals surface area contributed by atoms with Crippen molar-refractivity contribution in [1.29, 1.82) is 0 Å². The Morgan fingerprint density at radius 3 is 2.52 bits per heavy atom.